The van der Waals surface area contributed by atoms with E-state index in [0.29, 0.717) is 0 Å². The molecule has 3 rings (SSSR count). The molecule has 0 bridgehead atoms. The molecule has 0 spiro atoms. The zero-order valence-corrected chi connectivity index (χ0v) is 21.0. The van der Waals surface area contributed by atoms with Crippen molar-refractivity contribution < 1.29 is 0 Å². The summed E-state index contributed by atoms with van der Waals surface area (Å²) in [5.74, 6) is 0. The third-order valence-corrected chi connectivity index (χ3v) is 6.07. The maximum atomic E-state index is 5.97. The van der Waals surface area contributed by atoms with Crippen molar-refractivity contribution in [1.82, 2.24) is 0 Å². The van der Waals surface area contributed by atoms with Gasteiger partial charge in [-0.25, -0.2) is 0 Å². The Bertz CT molecular complexity index is 1160. The maximum Gasteiger partial charge on any atom is 0.113 e. The highest BCUT2D eigenvalue weighted by Gasteiger charge is 2.15. The van der Waals surface area contributed by atoms with Crippen LogP contribution >= 0.6 is 0 Å². The molecule has 34 heavy (non-hydrogen) atoms. The second-order valence-electron chi connectivity index (χ2n) is 9.63. The molecular weight excluding hydrogens is 408 g/mol. The lowest BCUT2D eigenvalue weighted by atomic mass is 9.87. The van der Waals surface area contributed by atoms with Gasteiger partial charge in [0, 0.05) is 17.1 Å². The molecule has 3 heteroatoms. The first-order valence-corrected chi connectivity index (χ1v) is 11.8. The van der Waals surface area contributed by atoms with Gasteiger partial charge in [0.15, 0.2) is 0 Å². The summed E-state index contributed by atoms with van der Waals surface area (Å²) in [5.41, 5.74) is 8.71. The summed E-state index contributed by atoms with van der Waals surface area (Å²) < 4.78 is 0. The first-order chi connectivity index (χ1) is 16.2. The van der Waals surface area contributed by atoms with E-state index in [2.05, 4.69) is 100 Å². The Morgan fingerprint density at radius 1 is 0.706 bits per heavy atom. The Morgan fingerprint density at radius 3 is 1.56 bits per heavy atom. The fraction of sp³-hybridized carbons (Fsp3) is 0.226. The highest BCUT2D eigenvalue weighted by molar-refractivity contribution is 6.32. The van der Waals surface area contributed by atoms with Gasteiger partial charge in [0.05, 0.1) is 0 Å². The predicted molar refractivity (Wildman–Crippen MR) is 153 cm³/mol. The average molecular weight is 441 g/mol. The highest BCUT2D eigenvalue weighted by Crippen LogP contribution is 2.32. The first kappa shape index (κ1) is 25.4. The molecule has 0 saturated carbocycles. The van der Waals surface area contributed by atoms with Crippen LogP contribution in [0.15, 0.2) is 96.2 Å². The van der Waals surface area contributed by atoms with Crippen molar-refractivity contribution in [2.24, 2.45) is 5.41 Å². The van der Waals surface area contributed by atoms with Gasteiger partial charge in [0.1, 0.15) is 15.7 Å². The van der Waals surface area contributed by atoms with Gasteiger partial charge in [-0.3, -0.25) is 0 Å². The Morgan fingerprint density at radius 2 is 1.12 bits per heavy atom. The van der Waals surface area contributed by atoms with Gasteiger partial charge >= 0.3 is 0 Å². The van der Waals surface area contributed by atoms with E-state index in [9.17, 15) is 0 Å². The third kappa shape index (κ3) is 6.90. The lowest BCUT2D eigenvalue weighted by Gasteiger charge is -2.28. The molecule has 0 aliphatic rings. The van der Waals surface area contributed by atoms with Gasteiger partial charge in [0.2, 0.25) is 0 Å². The molecule has 3 aromatic rings. The van der Waals surface area contributed by atoms with Gasteiger partial charge in [-0.1, -0.05) is 111 Å². The second-order valence-corrected chi connectivity index (χ2v) is 9.63. The molecule has 1 nitrogen and oxygen atoms in total. The number of hydrogen-bond donors (Lipinski definition) is 0. The van der Waals surface area contributed by atoms with E-state index in [4.69, 9.17) is 15.7 Å². The number of benzene rings is 3. The summed E-state index contributed by atoms with van der Waals surface area (Å²) >= 11 is 0. The number of anilines is 2. The van der Waals surface area contributed by atoms with Crippen LogP contribution in [0.5, 0.6) is 0 Å². The lowest BCUT2D eigenvalue weighted by Crippen LogP contribution is -2.17. The van der Waals surface area contributed by atoms with Gasteiger partial charge in [-0.2, -0.15) is 0 Å². The fourth-order valence-electron chi connectivity index (χ4n) is 3.46. The smallest absolute Gasteiger partial charge is 0.113 e. The van der Waals surface area contributed by atoms with E-state index in [1.807, 2.05) is 36.4 Å². The summed E-state index contributed by atoms with van der Waals surface area (Å²) in [6.45, 7) is 11.1. The molecule has 0 aliphatic heterocycles. The van der Waals surface area contributed by atoms with Gasteiger partial charge < -0.3 is 4.90 Å². The molecule has 0 aromatic heterocycles. The number of allylic oxidation sites excluding steroid dienone is 4. The van der Waals surface area contributed by atoms with Crippen molar-refractivity contribution in [2.75, 3.05) is 4.90 Å². The molecule has 0 N–H and O–H groups in total. The highest BCUT2D eigenvalue weighted by atomic mass is 15.1. The number of rotatable bonds is 7. The Labute approximate surface area is 208 Å². The van der Waals surface area contributed by atoms with Crippen LogP contribution in [0.1, 0.15) is 52.2 Å². The van der Waals surface area contributed by atoms with Crippen molar-refractivity contribution in [2.45, 2.75) is 41.0 Å². The third-order valence-electron chi connectivity index (χ3n) is 6.07. The number of hydrogen-bond acceptors (Lipinski definition) is 1. The first-order valence-electron chi connectivity index (χ1n) is 11.8. The van der Waals surface area contributed by atoms with Gasteiger partial charge in [0.25, 0.3) is 0 Å². The van der Waals surface area contributed by atoms with Crippen LogP contribution in [0.2, 0.25) is 0 Å². The van der Waals surface area contributed by atoms with Crippen molar-refractivity contribution in [3.8, 4) is 0 Å². The molecular formula is C31H33B2N. The largest absolute Gasteiger partial charge is 0.314 e. The fourth-order valence-corrected chi connectivity index (χ4v) is 3.46. The predicted octanol–water partition coefficient (Wildman–Crippen LogP) is 6.87. The number of nitrogens with zero attached hydrogens (tertiary/aromatic N) is 1. The average Bonchev–Trinajstić information content (AvgIpc) is 2.82. The van der Waals surface area contributed by atoms with Crippen LogP contribution < -0.4 is 15.8 Å². The zero-order valence-electron chi connectivity index (χ0n) is 21.0. The molecule has 0 aliphatic carbocycles. The Kier molecular flexibility index (Phi) is 8.45. The van der Waals surface area contributed by atoms with Crippen molar-refractivity contribution in [3.63, 3.8) is 0 Å². The van der Waals surface area contributed by atoms with E-state index in [-0.39, 0.29) is 5.41 Å². The van der Waals surface area contributed by atoms with Gasteiger partial charge in [-0.15, -0.1) is 0 Å². The molecule has 0 unspecified atom stereocenters. The summed E-state index contributed by atoms with van der Waals surface area (Å²) in [6, 6.07) is 24.6. The topological polar surface area (TPSA) is 3.24 Å². The lowest BCUT2D eigenvalue weighted by molar-refractivity contribution is 0.504. The van der Waals surface area contributed by atoms with Crippen LogP contribution in [0.25, 0.3) is 12.2 Å². The minimum absolute atomic E-state index is 0.139. The minimum Gasteiger partial charge on any atom is -0.314 e. The van der Waals surface area contributed by atoms with E-state index in [0.717, 1.165) is 39.8 Å². The molecule has 168 valence electrons. The molecule has 3 aromatic carbocycles. The van der Waals surface area contributed by atoms with Crippen LogP contribution in [0.3, 0.4) is 0 Å². The molecule has 0 heterocycles. The van der Waals surface area contributed by atoms with E-state index < -0.39 is 0 Å². The van der Waals surface area contributed by atoms with Crippen molar-refractivity contribution in [1.29, 1.82) is 0 Å². The minimum atomic E-state index is 0.139. The van der Waals surface area contributed by atoms with E-state index in [1.54, 1.807) is 0 Å². The molecule has 0 amide bonds. The summed E-state index contributed by atoms with van der Waals surface area (Å²) in [5, 5.41) is 0. The van der Waals surface area contributed by atoms with E-state index >= 15 is 0 Å². The molecule has 0 saturated heterocycles. The monoisotopic (exact) mass is 441 g/mol. The Hall–Kier alpha value is -3.19. The summed E-state index contributed by atoms with van der Waals surface area (Å²) in [6.07, 6.45) is 9.61. The summed E-state index contributed by atoms with van der Waals surface area (Å²) in [4.78, 5) is 2.30. The van der Waals surface area contributed by atoms with Crippen molar-refractivity contribution >= 4 is 50.1 Å². The second kappa shape index (κ2) is 11.3. The zero-order chi connectivity index (χ0) is 24.7. The van der Waals surface area contributed by atoms with Crippen LogP contribution in [-0.2, 0) is 0 Å². The van der Waals surface area contributed by atoms with E-state index in [1.165, 1.54) is 11.3 Å². The standard InChI is InChI=1S/C31H33B2N/c1-6-28(18-7-23(2)31(3,4)5)34(30-21-16-27(33)17-22-30)29-19-12-25(13-20-29)9-8-24-10-14-26(32)15-11-24/h7-22H,6H2,1-5H3/b9-8+,23-7+,28-18+. The van der Waals surface area contributed by atoms with Gasteiger partial charge in [-0.05, 0) is 60.2 Å². The molecule has 4 radical (unpaired) electrons. The maximum absolute atomic E-state index is 5.97. The summed E-state index contributed by atoms with van der Waals surface area (Å²) in [7, 11) is 11.8. The normalized spacial score (nSPS) is 12.9. The molecule has 0 fully saturated rings. The van der Waals surface area contributed by atoms with Crippen LogP contribution in [0.4, 0.5) is 11.4 Å². The van der Waals surface area contributed by atoms with Crippen LogP contribution in [0, 0.1) is 5.41 Å². The van der Waals surface area contributed by atoms with Crippen molar-refractivity contribution in [3.05, 3.63) is 107 Å². The Balaban J connectivity index is 1.96. The quantitative estimate of drug-likeness (QED) is 0.220. The molecule has 0 atom stereocenters. The van der Waals surface area contributed by atoms with Crippen LogP contribution in [-0.4, -0.2) is 15.7 Å². The SMILES string of the molecule is [B]c1ccc(/C=C/c2ccc(N(/C(=C/C=C(\C)C(C)(C)C)CC)c3ccc([B])cc3)cc2)cc1.